The Kier molecular flexibility index (Phi) is 4.64. The van der Waals surface area contributed by atoms with Crippen LogP contribution >= 0.6 is 7.92 Å². The fourth-order valence-corrected chi connectivity index (χ4v) is 5.12. The average Bonchev–Trinajstić information content (AvgIpc) is 2.62. The highest BCUT2D eigenvalue weighted by Gasteiger charge is 2.22. The lowest BCUT2D eigenvalue weighted by atomic mass is 10.2. The van der Waals surface area contributed by atoms with Gasteiger partial charge < -0.3 is 0 Å². The maximum Gasteiger partial charge on any atom is 0.187 e. The molecule has 0 aromatic heterocycles. The van der Waals surface area contributed by atoms with Crippen LogP contribution in [0.4, 0.5) is 5.69 Å². The van der Waals surface area contributed by atoms with Crippen LogP contribution < -0.4 is 10.6 Å². The minimum absolute atomic E-state index is 0.706. The van der Waals surface area contributed by atoms with Crippen molar-refractivity contribution in [2.24, 2.45) is 0 Å². The maximum atomic E-state index is 7.06. The first kappa shape index (κ1) is 14.5. The Hall–Kier alpha value is -2.42. The summed E-state index contributed by atoms with van der Waals surface area (Å²) in [6.07, 6.45) is 1.04. The molecule has 0 aliphatic carbocycles. The van der Waals surface area contributed by atoms with Crippen LogP contribution in [-0.2, 0) is 6.16 Å². The van der Waals surface area contributed by atoms with Gasteiger partial charge in [0.2, 0.25) is 0 Å². The van der Waals surface area contributed by atoms with E-state index in [0.717, 1.165) is 6.16 Å². The zero-order valence-electron chi connectivity index (χ0n) is 12.2. The smallest absolute Gasteiger partial charge is 0.187 e. The summed E-state index contributed by atoms with van der Waals surface area (Å²) in [5.41, 5.74) is 2.01. The largest absolute Gasteiger partial charge is 0.238 e. The van der Waals surface area contributed by atoms with E-state index in [1.165, 1.54) is 16.2 Å². The molecule has 0 atom stereocenters. The second kappa shape index (κ2) is 7.03. The van der Waals surface area contributed by atoms with E-state index in [0.29, 0.717) is 5.69 Å². The van der Waals surface area contributed by atoms with E-state index in [1.54, 1.807) is 0 Å². The van der Waals surface area contributed by atoms with Gasteiger partial charge in [0.25, 0.3) is 0 Å². The summed E-state index contributed by atoms with van der Waals surface area (Å²) in [5.74, 6) is 0. The number of rotatable bonds is 4. The molecule has 0 bridgehead atoms. The van der Waals surface area contributed by atoms with E-state index in [9.17, 15) is 0 Å². The second-order valence-electron chi connectivity index (χ2n) is 5.17. The van der Waals surface area contributed by atoms with E-state index in [1.807, 2.05) is 12.1 Å². The summed E-state index contributed by atoms with van der Waals surface area (Å²) < 4.78 is 0. The SMILES string of the molecule is [C-]#[N+]c1ccc(C[PH+](c2ccccc2)c2ccccc2)cc1. The van der Waals surface area contributed by atoms with Crippen molar-refractivity contribution in [3.05, 3.63) is 102 Å². The van der Waals surface area contributed by atoms with Crippen LogP contribution in [0.2, 0.25) is 0 Å². The van der Waals surface area contributed by atoms with Gasteiger partial charge in [0.1, 0.15) is 0 Å². The lowest BCUT2D eigenvalue weighted by Gasteiger charge is -2.11. The molecule has 2 heteroatoms. The Morgan fingerprint density at radius 1 is 0.682 bits per heavy atom. The number of hydrogen-bond donors (Lipinski definition) is 0. The lowest BCUT2D eigenvalue weighted by Crippen LogP contribution is -2.12. The molecule has 3 aromatic rings. The number of nitrogens with zero attached hydrogens (tertiary/aromatic N) is 1. The van der Waals surface area contributed by atoms with E-state index in [4.69, 9.17) is 6.57 Å². The van der Waals surface area contributed by atoms with Gasteiger partial charge in [-0.15, -0.1) is 0 Å². The summed E-state index contributed by atoms with van der Waals surface area (Å²) >= 11 is 0. The molecular formula is C20H17NP+. The van der Waals surface area contributed by atoms with Crippen molar-refractivity contribution in [3.63, 3.8) is 0 Å². The van der Waals surface area contributed by atoms with Crippen molar-refractivity contribution < 1.29 is 0 Å². The minimum atomic E-state index is -0.849. The molecule has 106 valence electrons. The summed E-state index contributed by atoms with van der Waals surface area (Å²) in [7, 11) is -0.849. The molecule has 22 heavy (non-hydrogen) atoms. The van der Waals surface area contributed by atoms with Crippen molar-refractivity contribution >= 4 is 24.2 Å². The van der Waals surface area contributed by atoms with Gasteiger partial charge in [-0.1, -0.05) is 60.7 Å². The van der Waals surface area contributed by atoms with Crippen LogP contribution in [0.5, 0.6) is 0 Å². The molecule has 3 aromatic carbocycles. The molecule has 0 aliphatic heterocycles. The molecule has 0 N–H and O–H groups in total. The third kappa shape index (κ3) is 3.42. The van der Waals surface area contributed by atoms with Crippen LogP contribution in [0.1, 0.15) is 5.56 Å². The Bertz CT molecular complexity index is 719. The normalized spacial score (nSPS) is 10.4. The molecule has 0 spiro atoms. The first-order valence-corrected chi connectivity index (χ1v) is 9.00. The minimum Gasteiger partial charge on any atom is -0.238 e. The van der Waals surface area contributed by atoms with E-state index < -0.39 is 7.92 Å². The van der Waals surface area contributed by atoms with Gasteiger partial charge in [-0.2, -0.15) is 0 Å². The van der Waals surface area contributed by atoms with Crippen LogP contribution in [0, 0.1) is 6.57 Å². The molecular weight excluding hydrogens is 285 g/mol. The van der Waals surface area contributed by atoms with Gasteiger partial charge in [-0.25, -0.2) is 4.85 Å². The van der Waals surface area contributed by atoms with Crippen molar-refractivity contribution in [3.8, 4) is 0 Å². The highest BCUT2D eigenvalue weighted by Crippen LogP contribution is 2.37. The van der Waals surface area contributed by atoms with E-state index in [2.05, 4.69) is 77.6 Å². The van der Waals surface area contributed by atoms with Gasteiger partial charge in [-0.3, -0.25) is 0 Å². The molecule has 0 radical (unpaired) electrons. The zero-order chi connectivity index (χ0) is 15.2. The van der Waals surface area contributed by atoms with Crippen LogP contribution in [0.25, 0.3) is 4.85 Å². The molecule has 1 nitrogen and oxygen atoms in total. The average molecular weight is 302 g/mol. The predicted octanol–water partition coefficient (Wildman–Crippen LogP) is 4.60. The topological polar surface area (TPSA) is 4.36 Å². The predicted molar refractivity (Wildman–Crippen MR) is 96.9 cm³/mol. The molecule has 3 rings (SSSR count). The van der Waals surface area contributed by atoms with Gasteiger partial charge >= 0.3 is 0 Å². The Balaban J connectivity index is 1.94. The summed E-state index contributed by atoms with van der Waals surface area (Å²) in [6, 6.07) is 29.5. The molecule has 0 heterocycles. The first-order valence-electron chi connectivity index (χ1n) is 7.30. The van der Waals surface area contributed by atoms with Crippen molar-refractivity contribution in [2.75, 3.05) is 0 Å². The number of hydrogen-bond acceptors (Lipinski definition) is 0. The fraction of sp³-hybridized carbons (Fsp3) is 0.0500. The Morgan fingerprint density at radius 3 is 1.64 bits per heavy atom. The molecule has 0 amide bonds. The van der Waals surface area contributed by atoms with Gasteiger partial charge in [0, 0.05) is 0 Å². The van der Waals surface area contributed by atoms with Gasteiger partial charge in [0.15, 0.2) is 5.69 Å². The molecule has 0 saturated heterocycles. The third-order valence-corrected chi connectivity index (χ3v) is 6.51. The Labute approximate surface area is 132 Å². The number of benzene rings is 3. The lowest BCUT2D eigenvalue weighted by molar-refractivity contribution is 1.41. The Morgan fingerprint density at radius 2 is 1.18 bits per heavy atom. The van der Waals surface area contributed by atoms with Crippen molar-refractivity contribution in [2.45, 2.75) is 6.16 Å². The highest BCUT2D eigenvalue weighted by molar-refractivity contribution is 7.72. The molecule has 0 fully saturated rings. The third-order valence-electron chi connectivity index (χ3n) is 3.69. The zero-order valence-corrected chi connectivity index (χ0v) is 13.2. The maximum absolute atomic E-state index is 7.06. The van der Waals surface area contributed by atoms with Crippen molar-refractivity contribution in [1.29, 1.82) is 0 Å². The molecule has 0 saturated carbocycles. The van der Waals surface area contributed by atoms with Crippen LogP contribution in [-0.4, -0.2) is 0 Å². The fourth-order valence-electron chi connectivity index (χ4n) is 2.54. The molecule has 0 unspecified atom stereocenters. The van der Waals surface area contributed by atoms with E-state index in [-0.39, 0.29) is 0 Å². The van der Waals surface area contributed by atoms with E-state index >= 15 is 0 Å². The van der Waals surface area contributed by atoms with Crippen LogP contribution in [0.15, 0.2) is 84.9 Å². The quantitative estimate of drug-likeness (QED) is 0.490. The highest BCUT2D eigenvalue weighted by atomic mass is 31.1. The van der Waals surface area contributed by atoms with Crippen LogP contribution in [0.3, 0.4) is 0 Å². The van der Waals surface area contributed by atoms with Crippen molar-refractivity contribution in [1.82, 2.24) is 0 Å². The molecule has 0 aliphatic rings. The van der Waals surface area contributed by atoms with Gasteiger partial charge in [-0.05, 0) is 29.8 Å². The first-order chi connectivity index (χ1) is 10.9. The van der Waals surface area contributed by atoms with Gasteiger partial charge in [0.05, 0.1) is 31.3 Å². The summed E-state index contributed by atoms with van der Waals surface area (Å²) in [6.45, 7) is 7.06. The summed E-state index contributed by atoms with van der Waals surface area (Å²) in [5, 5.41) is 2.85. The second-order valence-corrected chi connectivity index (χ2v) is 7.63. The standard InChI is InChI=1S/C20H16NP/c1-21-18-14-12-17(13-15-18)16-22(19-8-4-2-5-9-19)20-10-6-3-7-11-20/h2-15H,16H2/p+1. The summed E-state index contributed by atoms with van der Waals surface area (Å²) in [4.78, 5) is 3.47. The monoisotopic (exact) mass is 302 g/mol.